The van der Waals surface area contributed by atoms with Gasteiger partial charge in [0, 0.05) is 10.9 Å². The van der Waals surface area contributed by atoms with E-state index in [1.807, 2.05) is 6.92 Å². The van der Waals surface area contributed by atoms with Crippen LogP contribution in [0.3, 0.4) is 0 Å². The van der Waals surface area contributed by atoms with Gasteiger partial charge in [-0.2, -0.15) is 0 Å². The molecule has 0 aliphatic carbocycles. The third-order valence-electron chi connectivity index (χ3n) is 3.23. The number of aromatic amines is 1. The standard InChI is InChI=1S/C16H13FN2O2/c1-9-2-5-15(20)13(6-9)19-16(21)14-8-10-7-11(17)3-4-12(10)18-14/h2-8,18,20H,1H3,(H,19,21). The summed E-state index contributed by atoms with van der Waals surface area (Å²) in [7, 11) is 0. The predicted octanol–water partition coefficient (Wildman–Crippen LogP) is 3.57. The minimum absolute atomic E-state index is 0.00361. The highest BCUT2D eigenvalue weighted by atomic mass is 19.1. The average molecular weight is 284 g/mol. The van der Waals surface area contributed by atoms with Gasteiger partial charge in [0.25, 0.3) is 5.91 Å². The van der Waals surface area contributed by atoms with E-state index in [1.165, 1.54) is 18.2 Å². The van der Waals surface area contributed by atoms with E-state index in [-0.39, 0.29) is 11.6 Å². The number of aromatic hydroxyl groups is 1. The first kappa shape index (κ1) is 13.2. The van der Waals surface area contributed by atoms with Crippen molar-refractivity contribution in [2.75, 3.05) is 5.32 Å². The quantitative estimate of drug-likeness (QED) is 0.630. The van der Waals surface area contributed by atoms with Gasteiger partial charge in [-0.1, -0.05) is 6.07 Å². The van der Waals surface area contributed by atoms with Crippen LogP contribution in [0.1, 0.15) is 16.1 Å². The third-order valence-corrected chi connectivity index (χ3v) is 3.23. The number of hydrogen-bond acceptors (Lipinski definition) is 2. The molecule has 0 unspecified atom stereocenters. The van der Waals surface area contributed by atoms with Gasteiger partial charge < -0.3 is 15.4 Å². The molecule has 2 aromatic carbocycles. The zero-order valence-electron chi connectivity index (χ0n) is 11.3. The summed E-state index contributed by atoms with van der Waals surface area (Å²) < 4.78 is 13.1. The van der Waals surface area contributed by atoms with Crippen molar-refractivity contribution in [3.63, 3.8) is 0 Å². The number of aromatic nitrogens is 1. The number of hydrogen-bond donors (Lipinski definition) is 3. The number of H-pyrrole nitrogens is 1. The van der Waals surface area contributed by atoms with Gasteiger partial charge in [0.15, 0.2) is 0 Å². The van der Waals surface area contributed by atoms with Gasteiger partial charge >= 0.3 is 0 Å². The fourth-order valence-corrected chi connectivity index (χ4v) is 2.17. The van der Waals surface area contributed by atoms with Crippen LogP contribution in [-0.4, -0.2) is 16.0 Å². The highest BCUT2D eigenvalue weighted by molar-refractivity contribution is 6.06. The molecule has 0 fully saturated rings. The zero-order valence-corrected chi connectivity index (χ0v) is 11.3. The lowest BCUT2D eigenvalue weighted by atomic mass is 10.2. The average Bonchev–Trinajstić information content (AvgIpc) is 2.86. The van der Waals surface area contributed by atoms with Crippen molar-refractivity contribution in [2.24, 2.45) is 0 Å². The van der Waals surface area contributed by atoms with Crippen LogP contribution >= 0.6 is 0 Å². The number of phenols is 1. The molecule has 3 N–H and O–H groups in total. The lowest BCUT2D eigenvalue weighted by Gasteiger charge is -2.07. The maximum absolute atomic E-state index is 13.1. The van der Waals surface area contributed by atoms with Crippen LogP contribution in [-0.2, 0) is 0 Å². The highest BCUT2D eigenvalue weighted by Crippen LogP contribution is 2.25. The Morgan fingerprint density at radius 3 is 2.81 bits per heavy atom. The fourth-order valence-electron chi connectivity index (χ4n) is 2.17. The summed E-state index contributed by atoms with van der Waals surface area (Å²) in [5, 5.41) is 13.0. The SMILES string of the molecule is Cc1ccc(O)c(NC(=O)c2cc3cc(F)ccc3[nH]2)c1. The number of phenolic OH excluding ortho intramolecular Hbond substituents is 1. The van der Waals surface area contributed by atoms with Gasteiger partial charge in [-0.3, -0.25) is 4.79 Å². The number of benzene rings is 2. The second-order valence-electron chi connectivity index (χ2n) is 4.89. The van der Waals surface area contributed by atoms with Gasteiger partial charge in [0.1, 0.15) is 17.3 Å². The largest absolute Gasteiger partial charge is 0.506 e. The molecule has 0 radical (unpaired) electrons. The molecule has 0 bridgehead atoms. The van der Waals surface area contributed by atoms with Gasteiger partial charge in [-0.05, 0) is 48.9 Å². The van der Waals surface area contributed by atoms with Crippen molar-refractivity contribution in [1.82, 2.24) is 4.98 Å². The van der Waals surface area contributed by atoms with Crippen molar-refractivity contribution in [3.8, 4) is 5.75 Å². The van der Waals surface area contributed by atoms with Crippen LogP contribution in [0.5, 0.6) is 5.75 Å². The van der Waals surface area contributed by atoms with Crippen LogP contribution in [0.4, 0.5) is 10.1 Å². The summed E-state index contributed by atoms with van der Waals surface area (Å²) in [5.74, 6) is -0.756. The highest BCUT2D eigenvalue weighted by Gasteiger charge is 2.12. The summed E-state index contributed by atoms with van der Waals surface area (Å²) in [6.07, 6.45) is 0. The first-order valence-corrected chi connectivity index (χ1v) is 6.42. The Morgan fingerprint density at radius 2 is 2.00 bits per heavy atom. The lowest BCUT2D eigenvalue weighted by Crippen LogP contribution is -2.12. The molecular formula is C16H13FN2O2. The first-order valence-electron chi connectivity index (χ1n) is 6.42. The molecule has 1 heterocycles. The molecule has 106 valence electrons. The molecule has 1 amide bonds. The second kappa shape index (κ2) is 4.94. The molecule has 21 heavy (non-hydrogen) atoms. The molecule has 5 heteroatoms. The lowest BCUT2D eigenvalue weighted by molar-refractivity contribution is 0.102. The Kier molecular flexibility index (Phi) is 3.10. The molecule has 4 nitrogen and oxygen atoms in total. The van der Waals surface area contributed by atoms with Crippen LogP contribution in [0, 0.1) is 12.7 Å². The Balaban J connectivity index is 1.91. The van der Waals surface area contributed by atoms with E-state index in [0.29, 0.717) is 22.3 Å². The Hall–Kier alpha value is -2.82. The minimum atomic E-state index is -0.396. The van der Waals surface area contributed by atoms with Gasteiger partial charge in [-0.25, -0.2) is 4.39 Å². The van der Waals surface area contributed by atoms with Crippen molar-refractivity contribution in [2.45, 2.75) is 6.92 Å². The number of amides is 1. The van der Waals surface area contributed by atoms with E-state index in [0.717, 1.165) is 5.56 Å². The van der Waals surface area contributed by atoms with E-state index in [4.69, 9.17) is 0 Å². The number of halogens is 1. The number of anilines is 1. The van der Waals surface area contributed by atoms with Crippen molar-refractivity contribution in [1.29, 1.82) is 0 Å². The first-order chi connectivity index (χ1) is 10.0. The van der Waals surface area contributed by atoms with Gasteiger partial charge in [0.05, 0.1) is 5.69 Å². The van der Waals surface area contributed by atoms with Gasteiger partial charge in [0.2, 0.25) is 0 Å². The third kappa shape index (κ3) is 2.58. The predicted molar refractivity (Wildman–Crippen MR) is 79.1 cm³/mol. The smallest absolute Gasteiger partial charge is 0.272 e. The number of aryl methyl sites for hydroxylation is 1. The molecule has 1 aromatic heterocycles. The molecular weight excluding hydrogens is 271 g/mol. The number of nitrogens with one attached hydrogen (secondary N) is 2. The molecule has 0 spiro atoms. The van der Waals surface area contributed by atoms with Crippen molar-refractivity contribution < 1.29 is 14.3 Å². The van der Waals surface area contributed by atoms with Crippen LogP contribution in [0.15, 0.2) is 42.5 Å². The normalized spacial score (nSPS) is 10.8. The fraction of sp³-hybridized carbons (Fsp3) is 0.0625. The maximum atomic E-state index is 13.1. The van der Waals surface area contributed by atoms with E-state index in [9.17, 15) is 14.3 Å². The molecule has 0 atom stereocenters. The van der Waals surface area contributed by atoms with E-state index in [1.54, 1.807) is 24.3 Å². The Labute approximate surface area is 120 Å². The summed E-state index contributed by atoms with van der Waals surface area (Å²) >= 11 is 0. The summed E-state index contributed by atoms with van der Waals surface area (Å²) in [6.45, 7) is 1.86. The number of carbonyl (C=O) groups excluding carboxylic acids is 1. The summed E-state index contributed by atoms with van der Waals surface area (Å²) in [6, 6.07) is 10.8. The molecule has 3 rings (SSSR count). The minimum Gasteiger partial charge on any atom is -0.506 e. The van der Waals surface area contributed by atoms with E-state index in [2.05, 4.69) is 10.3 Å². The topological polar surface area (TPSA) is 65.1 Å². The van der Waals surface area contributed by atoms with E-state index >= 15 is 0 Å². The number of fused-ring (bicyclic) bond motifs is 1. The Morgan fingerprint density at radius 1 is 1.19 bits per heavy atom. The van der Waals surface area contributed by atoms with Gasteiger partial charge in [-0.15, -0.1) is 0 Å². The number of carbonyl (C=O) groups is 1. The monoisotopic (exact) mass is 284 g/mol. The maximum Gasteiger partial charge on any atom is 0.272 e. The molecule has 3 aromatic rings. The molecule has 0 aliphatic rings. The molecule has 0 saturated carbocycles. The van der Waals surface area contributed by atoms with Crippen LogP contribution in [0.2, 0.25) is 0 Å². The van der Waals surface area contributed by atoms with Crippen molar-refractivity contribution >= 4 is 22.5 Å². The van der Waals surface area contributed by atoms with Crippen LogP contribution < -0.4 is 5.32 Å². The molecule has 0 saturated heterocycles. The number of rotatable bonds is 2. The summed E-state index contributed by atoms with van der Waals surface area (Å²) in [5.41, 5.74) is 2.23. The zero-order chi connectivity index (χ0) is 15.0. The van der Waals surface area contributed by atoms with Crippen LogP contribution in [0.25, 0.3) is 10.9 Å². The second-order valence-corrected chi connectivity index (χ2v) is 4.89. The van der Waals surface area contributed by atoms with Crippen molar-refractivity contribution in [3.05, 3.63) is 59.5 Å². The Bertz CT molecular complexity index is 839. The molecule has 0 aliphatic heterocycles. The van der Waals surface area contributed by atoms with E-state index < -0.39 is 5.91 Å². The summed E-state index contributed by atoms with van der Waals surface area (Å²) in [4.78, 5) is 15.1.